The zero-order valence-electron chi connectivity index (χ0n) is 11.9. The summed E-state index contributed by atoms with van der Waals surface area (Å²) in [5, 5.41) is 14.4. The van der Waals surface area contributed by atoms with E-state index in [1.165, 1.54) is 19.2 Å². The Bertz CT molecular complexity index is 488. The summed E-state index contributed by atoms with van der Waals surface area (Å²) < 4.78 is 4.97. The summed E-state index contributed by atoms with van der Waals surface area (Å²) in [5.74, 6) is -0.700. The molecule has 6 heteroatoms. The summed E-state index contributed by atoms with van der Waals surface area (Å²) in [6, 6.07) is 4.09. The average molecular weight is 280 g/mol. The minimum atomic E-state index is -1.12. The standard InChI is InChI=1S/C14H20N2O4/c1-4-5-9(2)15-14(19)16-12-7-6-10(20-3)8-11(12)13(17)18/h6-9H,4-5H2,1-3H3,(H,17,18)(H2,15,16,19). The lowest BCUT2D eigenvalue weighted by Gasteiger charge is -2.15. The molecule has 1 unspecified atom stereocenters. The van der Waals surface area contributed by atoms with Crippen molar-refractivity contribution in [1.29, 1.82) is 0 Å². The first-order chi connectivity index (χ1) is 9.47. The molecule has 20 heavy (non-hydrogen) atoms. The van der Waals surface area contributed by atoms with Crippen LogP contribution in [0.25, 0.3) is 0 Å². The lowest BCUT2D eigenvalue weighted by molar-refractivity contribution is 0.0697. The Kier molecular flexibility index (Phi) is 5.83. The molecule has 1 rings (SSSR count). The number of amides is 2. The van der Waals surface area contributed by atoms with Crippen molar-refractivity contribution >= 4 is 17.7 Å². The third-order valence-corrected chi connectivity index (χ3v) is 2.80. The third kappa shape index (κ3) is 4.46. The van der Waals surface area contributed by atoms with Gasteiger partial charge in [-0.25, -0.2) is 9.59 Å². The third-order valence-electron chi connectivity index (χ3n) is 2.80. The second-order valence-electron chi connectivity index (χ2n) is 4.50. The molecule has 1 aromatic carbocycles. The van der Waals surface area contributed by atoms with E-state index in [0.717, 1.165) is 12.8 Å². The molecule has 0 aliphatic carbocycles. The van der Waals surface area contributed by atoms with Crippen LogP contribution < -0.4 is 15.4 Å². The fourth-order valence-electron chi connectivity index (χ4n) is 1.82. The number of rotatable bonds is 6. The first-order valence-corrected chi connectivity index (χ1v) is 6.46. The van der Waals surface area contributed by atoms with Gasteiger partial charge in [-0.05, 0) is 31.5 Å². The molecule has 3 N–H and O–H groups in total. The van der Waals surface area contributed by atoms with Crippen molar-refractivity contribution in [2.45, 2.75) is 32.7 Å². The van der Waals surface area contributed by atoms with E-state index >= 15 is 0 Å². The summed E-state index contributed by atoms with van der Waals surface area (Å²) >= 11 is 0. The monoisotopic (exact) mass is 280 g/mol. The number of hydrogen-bond donors (Lipinski definition) is 3. The number of carbonyl (C=O) groups excluding carboxylic acids is 1. The molecule has 0 bridgehead atoms. The Hall–Kier alpha value is -2.24. The summed E-state index contributed by atoms with van der Waals surface area (Å²) in [6.45, 7) is 3.93. The molecule has 0 fully saturated rings. The Morgan fingerprint density at radius 3 is 2.65 bits per heavy atom. The van der Waals surface area contributed by atoms with Crippen LogP contribution in [0.15, 0.2) is 18.2 Å². The SMILES string of the molecule is CCCC(C)NC(=O)Nc1ccc(OC)cc1C(=O)O. The van der Waals surface area contributed by atoms with Crippen LogP contribution in [0.1, 0.15) is 37.0 Å². The van der Waals surface area contributed by atoms with Gasteiger partial charge in [0, 0.05) is 6.04 Å². The van der Waals surface area contributed by atoms with E-state index in [4.69, 9.17) is 9.84 Å². The normalized spacial score (nSPS) is 11.6. The molecular weight excluding hydrogens is 260 g/mol. The minimum Gasteiger partial charge on any atom is -0.497 e. The Morgan fingerprint density at radius 2 is 2.10 bits per heavy atom. The fraction of sp³-hybridized carbons (Fsp3) is 0.429. The van der Waals surface area contributed by atoms with Gasteiger partial charge in [0.25, 0.3) is 0 Å². The fourth-order valence-corrected chi connectivity index (χ4v) is 1.82. The van der Waals surface area contributed by atoms with Crippen molar-refractivity contribution in [3.8, 4) is 5.75 Å². The van der Waals surface area contributed by atoms with Crippen LogP contribution in [0.4, 0.5) is 10.5 Å². The van der Waals surface area contributed by atoms with Crippen LogP contribution in [0.3, 0.4) is 0 Å². The highest BCUT2D eigenvalue weighted by molar-refractivity contribution is 6.00. The molecule has 2 amide bonds. The summed E-state index contributed by atoms with van der Waals surface area (Å²) in [5.41, 5.74) is 0.224. The molecule has 0 spiro atoms. The van der Waals surface area contributed by atoms with Crippen molar-refractivity contribution in [3.05, 3.63) is 23.8 Å². The average Bonchev–Trinajstić information content (AvgIpc) is 2.38. The Labute approximate surface area is 118 Å². The predicted octanol–water partition coefficient (Wildman–Crippen LogP) is 2.70. The number of urea groups is 1. The van der Waals surface area contributed by atoms with Crippen LogP contribution in [-0.2, 0) is 0 Å². The molecule has 1 atom stereocenters. The van der Waals surface area contributed by atoms with Crippen LogP contribution in [0.5, 0.6) is 5.75 Å². The summed E-state index contributed by atoms with van der Waals surface area (Å²) in [6.07, 6.45) is 1.83. The van der Waals surface area contributed by atoms with Gasteiger partial charge in [0.2, 0.25) is 0 Å². The maximum Gasteiger partial charge on any atom is 0.337 e. The van der Waals surface area contributed by atoms with E-state index in [0.29, 0.717) is 5.75 Å². The molecule has 6 nitrogen and oxygen atoms in total. The molecule has 0 aliphatic rings. The number of methoxy groups -OCH3 is 1. The number of carboxylic acid groups (broad SMARTS) is 1. The van der Waals surface area contributed by atoms with Crippen LogP contribution in [0, 0.1) is 0 Å². The maximum atomic E-state index is 11.8. The summed E-state index contributed by atoms with van der Waals surface area (Å²) in [4.78, 5) is 22.9. The smallest absolute Gasteiger partial charge is 0.337 e. The number of benzene rings is 1. The van der Waals surface area contributed by atoms with Gasteiger partial charge in [0.05, 0.1) is 18.4 Å². The summed E-state index contributed by atoms with van der Waals surface area (Å²) in [7, 11) is 1.45. The van der Waals surface area contributed by atoms with Crippen LogP contribution in [0.2, 0.25) is 0 Å². The topological polar surface area (TPSA) is 87.7 Å². The van der Waals surface area contributed by atoms with E-state index < -0.39 is 12.0 Å². The van der Waals surface area contributed by atoms with E-state index in [1.807, 2.05) is 13.8 Å². The zero-order chi connectivity index (χ0) is 15.1. The second kappa shape index (κ2) is 7.37. The van der Waals surface area contributed by atoms with Gasteiger partial charge in [-0.1, -0.05) is 13.3 Å². The Morgan fingerprint density at radius 1 is 1.40 bits per heavy atom. The zero-order valence-corrected chi connectivity index (χ0v) is 11.9. The highest BCUT2D eigenvalue weighted by Crippen LogP contribution is 2.22. The number of carboxylic acids is 1. The van der Waals surface area contributed by atoms with Gasteiger partial charge >= 0.3 is 12.0 Å². The molecule has 110 valence electrons. The van der Waals surface area contributed by atoms with Gasteiger partial charge in [-0.15, -0.1) is 0 Å². The van der Waals surface area contributed by atoms with E-state index in [1.54, 1.807) is 6.07 Å². The number of nitrogens with one attached hydrogen (secondary N) is 2. The predicted molar refractivity (Wildman–Crippen MR) is 76.5 cm³/mol. The van der Waals surface area contributed by atoms with Crippen molar-refractivity contribution in [2.75, 3.05) is 12.4 Å². The minimum absolute atomic E-state index is 0.0114. The quantitative estimate of drug-likeness (QED) is 0.747. The number of hydrogen-bond acceptors (Lipinski definition) is 3. The van der Waals surface area contributed by atoms with E-state index in [9.17, 15) is 9.59 Å². The molecule has 0 aromatic heterocycles. The van der Waals surface area contributed by atoms with Gasteiger partial charge in [0.1, 0.15) is 5.75 Å². The van der Waals surface area contributed by atoms with Crippen LogP contribution in [-0.4, -0.2) is 30.3 Å². The first kappa shape index (κ1) is 15.8. The van der Waals surface area contributed by atoms with Gasteiger partial charge in [-0.3, -0.25) is 0 Å². The highest BCUT2D eigenvalue weighted by Gasteiger charge is 2.14. The lowest BCUT2D eigenvalue weighted by atomic mass is 10.1. The van der Waals surface area contributed by atoms with Crippen molar-refractivity contribution in [1.82, 2.24) is 5.32 Å². The molecule has 0 heterocycles. The molecular formula is C14H20N2O4. The van der Waals surface area contributed by atoms with Crippen molar-refractivity contribution in [3.63, 3.8) is 0 Å². The largest absolute Gasteiger partial charge is 0.497 e. The van der Waals surface area contributed by atoms with Gasteiger partial charge < -0.3 is 20.5 Å². The molecule has 1 aromatic rings. The molecule has 0 radical (unpaired) electrons. The first-order valence-electron chi connectivity index (χ1n) is 6.46. The number of anilines is 1. The molecule has 0 saturated heterocycles. The lowest BCUT2D eigenvalue weighted by Crippen LogP contribution is -2.36. The van der Waals surface area contributed by atoms with Crippen molar-refractivity contribution < 1.29 is 19.4 Å². The maximum absolute atomic E-state index is 11.8. The van der Waals surface area contributed by atoms with E-state index in [2.05, 4.69) is 10.6 Å². The second-order valence-corrected chi connectivity index (χ2v) is 4.50. The van der Waals surface area contributed by atoms with Gasteiger partial charge in [-0.2, -0.15) is 0 Å². The van der Waals surface area contributed by atoms with E-state index in [-0.39, 0.29) is 17.3 Å². The van der Waals surface area contributed by atoms with Crippen molar-refractivity contribution in [2.24, 2.45) is 0 Å². The molecule has 0 saturated carbocycles. The van der Waals surface area contributed by atoms with Crippen LogP contribution >= 0.6 is 0 Å². The van der Waals surface area contributed by atoms with Gasteiger partial charge in [0.15, 0.2) is 0 Å². The number of ether oxygens (including phenoxy) is 1. The molecule has 0 aliphatic heterocycles. The highest BCUT2D eigenvalue weighted by atomic mass is 16.5. The number of carbonyl (C=O) groups is 2. The number of aromatic carboxylic acids is 1. The Balaban J connectivity index is 2.81.